The first kappa shape index (κ1) is 19.5. The first-order valence-electron chi connectivity index (χ1n) is 9.62. The highest BCUT2D eigenvalue weighted by molar-refractivity contribution is 5.78. The summed E-state index contributed by atoms with van der Waals surface area (Å²) in [6, 6.07) is 8.03. The number of piperidine rings is 2. The highest BCUT2D eigenvalue weighted by Crippen LogP contribution is 2.50. The SMILES string of the molecule is COc1ccccc1[C@H]1CNC(=O)CC12CCN(C(=O)OC(C)(C)C)CC2. The van der Waals surface area contributed by atoms with Gasteiger partial charge in [0.05, 0.1) is 7.11 Å². The lowest BCUT2D eigenvalue weighted by atomic mass is 9.62. The molecule has 148 valence electrons. The van der Waals surface area contributed by atoms with Crippen LogP contribution >= 0.6 is 0 Å². The molecule has 1 atom stereocenters. The maximum absolute atomic E-state index is 12.4. The second kappa shape index (κ2) is 7.41. The standard InChI is InChI=1S/C21H30N2O4/c1-20(2,3)27-19(25)23-11-9-21(10-12-23)13-18(24)22-14-16(21)15-7-5-6-8-17(15)26-4/h5-8,16H,9-14H2,1-4H3,(H,22,24)/t16-/m1/s1. The van der Waals surface area contributed by atoms with E-state index in [1.807, 2.05) is 39.0 Å². The van der Waals surface area contributed by atoms with Gasteiger partial charge in [0, 0.05) is 32.0 Å². The van der Waals surface area contributed by atoms with Gasteiger partial charge in [0.15, 0.2) is 0 Å². The van der Waals surface area contributed by atoms with Crippen LogP contribution in [0, 0.1) is 5.41 Å². The Kier molecular flexibility index (Phi) is 5.36. The summed E-state index contributed by atoms with van der Waals surface area (Å²) in [5.74, 6) is 1.12. The lowest BCUT2D eigenvalue weighted by Crippen LogP contribution is -2.53. The van der Waals surface area contributed by atoms with Crippen molar-refractivity contribution in [1.29, 1.82) is 0 Å². The third-order valence-corrected chi connectivity index (χ3v) is 5.68. The van der Waals surface area contributed by atoms with Crippen LogP contribution in [0.4, 0.5) is 4.79 Å². The van der Waals surface area contributed by atoms with Gasteiger partial charge >= 0.3 is 6.09 Å². The molecule has 0 radical (unpaired) electrons. The number of nitrogens with one attached hydrogen (secondary N) is 1. The molecule has 1 aromatic rings. The summed E-state index contributed by atoms with van der Waals surface area (Å²) in [4.78, 5) is 26.4. The van der Waals surface area contributed by atoms with Crippen LogP contribution in [-0.2, 0) is 9.53 Å². The smallest absolute Gasteiger partial charge is 0.410 e. The number of likely N-dealkylation sites (tertiary alicyclic amines) is 1. The number of hydrogen-bond acceptors (Lipinski definition) is 4. The molecule has 2 saturated heterocycles. The number of benzene rings is 1. The zero-order valence-electron chi connectivity index (χ0n) is 16.7. The normalized spacial score (nSPS) is 22.3. The third kappa shape index (κ3) is 4.20. The average Bonchev–Trinajstić information content (AvgIpc) is 2.61. The minimum atomic E-state index is -0.503. The number of amides is 2. The zero-order chi connectivity index (χ0) is 19.7. The Morgan fingerprint density at radius 2 is 1.89 bits per heavy atom. The van der Waals surface area contributed by atoms with E-state index in [4.69, 9.17) is 9.47 Å². The van der Waals surface area contributed by atoms with Crippen molar-refractivity contribution in [3.63, 3.8) is 0 Å². The summed E-state index contributed by atoms with van der Waals surface area (Å²) in [7, 11) is 1.68. The molecule has 3 rings (SSSR count). The van der Waals surface area contributed by atoms with Crippen molar-refractivity contribution in [2.24, 2.45) is 5.41 Å². The van der Waals surface area contributed by atoms with E-state index in [0.29, 0.717) is 26.1 Å². The fourth-order valence-corrected chi connectivity index (χ4v) is 4.32. The lowest BCUT2D eigenvalue weighted by molar-refractivity contribution is -0.128. The Balaban J connectivity index is 1.80. The van der Waals surface area contributed by atoms with Gasteiger partial charge in [-0.25, -0.2) is 4.79 Å². The van der Waals surface area contributed by atoms with E-state index in [0.717, 1.165) is 24.2 Å². The van der Waals surface area contributed by atoms with Crippen molar-refractivity contribution < 1.29 is 19.1 Å². The molecular formula is C21H30N2O4. The topological polar surface area (TPSA) is 67.9 Å². The van der Waals surface area contributed by atoms with Crippen molar-refractivity contribution in [3.8, 4) is 5.75 Å². The molecule has 0 aliphatic carbocycles. The van der Waals surface area contributed by atoms with E-state index < -0.39 is 5.60 Å². The van der Waals surface area contributed by atoms with E-state index >= 15 is 0 Å². The fraction of sp³-hybridized carbons (Fsp3) is 0.619. The van der Waals surface area contributed by atoms with Crippen molar-refractivity contribution in [2.45, 2.75) is 51.6 Å². The van der Waals surface area contributed by atoms with Crippen LogP contribution in [0.2, 0.25) is 0 Å². The van der Waals surface area contributed by atoms with Crippen LogP contribution in [0.15, 0.2) is 24.3 Å². The molecule has 0 unspecified atom stereocenters. The number of hydrogen-bond donors (Lipinski definition) is 1. The molecule has 0 bridgehead atoms. The molecule has 0 aromatic heterocycles. The van der Waals surface area contributed by atoms with Gasteiger partial charge in [0.1, 0.15) is 11.4 Å². The summed E-state index contributed by atoms with van der Waals surface area (Å²) in [5, 5.41) is 3.02. The monoisotopic (exact) mass is 374 g/mol. The highest BCUT2D eigenvalue weighted by atomic mass is 16.6. The van der Waals surface area contributed by atoms with Crippen LogP contribution in [0.25, 0.3) is 0 Å². The molecule has 6 nitrogen and oxygen atoms in total. The van der Waals surface area contributed by atoms with Crippen molar-refractivity contribution in [3.05, 3.63) is 29.8 Å². The Labute approximate surface area is 161 Å². The number of ether oxygens (including phenoxy) is 2. The quantitative estimate of drug-likeness (QED) is 0.862. The van der Waals surface area contributed by atoms with Crippen LogP contribution in [-0.4, -0.2) is 49.2 Å². The molecule has 2 aliphatic heterocycles. The Morgan fingerprint density at radius 1 is 1.22 bits per heavy atom. The van der Waals surface area contributed by atoms with Crippen molar-refractivity contribution >= 4 is 12.0 Å². The summed E-state index contributed by atoms with van der Waals surface area (Å²) < 4.78 is 11.1. The second-order valence-electron chi connectivity index (χ2n) is 8.61. The van der Waals surface area contributed by atoms with Crippen LogP contribution in [0.1, 0.15) is 51.5 Å². The molecule has 1 N–H and O–H groups in total. The van der Waals surface area contributed by atoms with E-state index in [1.165, 1.54) is 0 Å². The molecule has 2 amide bonds. The molecule has 1 spiro atoms. The number of para-hydroxylation sites is 1. The van der Waals surface area contributed by atoms with Gasteiger partial charge in [-0.3, -0.25) is 4.79 Å². The molecule has 1 aromatic carbocycles. The largest absolute Gasteiger partial charge is 0.496 e. The van der Waals surface area contributed by atoms with Crippen molar-refractivity contribution in [2.75, 3.05) is 26.7 Å². The first-order valence-corrected chi connectivity index (χ1v) is 9.62. The number of carbonyl (C=O) groups is 2. The number of nitrogens with zero attached hydrogens (tertiary/aromatic N) is 1. The summed E-state index contributed by atoms with van der Waals surface area (Å²) in [6.45, 7) is 7.44. The Bertz CT molecular complexity index is 702. The fourth-order valence-electron chi connectivity index (χ4n) is 4.32. The predicted octanol–water partition coefficient (Wildman–Crippen LogP) is 3.32. The van der Waals surface area contributed by atoms with Crippen LogP contribution in [0.3, 0.4) is 0 Å². The minimum absolute atomic E-state index is 0.0897. The maximum atomic E-state index is 12.4. The van der Waals surface area contributed by atoms with Crippen LogP contribution < -0.4 is 10.1 Å². The summed E-state index contributed by atoms with van der Waals surface area (Å²) in [5.41, 5.74) is 0.470. The van der Waals surface area contributed by atoms with Gasteiger partial charge in [-0.2, -0.15) is 0 Å². The maximum Gasteiger partial charge on any atom is 0.410 e. The summed E-state index contributed by atoms with van der Waals surface area (Å²) in [6.07, 6.45) is 1.77. The van der Waals surface area contributed by atoms with Gasteiger partial charge in [0.2, 0.25) is 5.91 Å². The molecule has 27 heavy (non-hydrogen) atoms. The minimum Gasteiger partial charge on any atom is -0.496 e. The molecule has 0 saturated carbocycles. The highest BCUT2D eigenvalue weighted by Gasteiger charge is 2.47. The van der Waals surface area contributed by atoms with Gasteiger partial charge in [-0.05, 0) is 50.7 Å². The zero-order valence-corrected chi connectivity index (χ0v) is 16.7. The van der Waals surface area contributed by atoms with Gasteiger partial charge < -0.3 is 19.7 Å². The number of carbonyl (C=O) groups excluding carboxylic acids is 2. The number of rotatable bonds is 2. The molecule has 2 aliphatic rings. The summed E-state index contributed by atoms with van der Waals surface area (Å²) >= 11 is 0. The van der Waals surface area contributed by atoms with E-state index in [2.05, 4.69) is 11.4 Å². The molecule has 6 heteroatoms. The molecule has 2 heterocycles. The van der Waals surface area contributed by atoms with E-state index in [1.54, 1.807) is 12.0 Å². The van der Waals surface area contributed by atoms with Crippen LogP contribution in [0.5, 0.6) is 5.75 Å². The van der Waals surface area contributed by atoms with E-state index in [9.17, 15) is 9.59 Å². The third-order valence-electron chi connectivity index (χ3n) is 5.68. The lowest BCUT2D eigenvalue weighted by Gasteiger charge is -2.49. The van der Waals surface area contributed by atoms with Gasteiger partial charge in [-0.1, -0.05) is 18.2 Å². The Hall–Kier alpha value is -2.24. The predicted molar refractivity (Wildman–Crippen MR) is 103 cm³/mol. The van der Waals surface area contributed by atoms with E-state index in [-0.39, 0.29) is 23.3 Å². The molecular weight excluding hydrogens is 344 g/mol. The van der Waals surface area contributed by atoms with Gasteiger partial charge in [0.25, 0.3) is 0 Å². The number of methoxy groups -OCH3 is 1. The second-order valence-corrected chi connectivity index (χ2v) is 8.61. The first-order chi connectivity index (χ1) is 12.7. The average molecular weight is 374 g/mol. The Morgan fingerprint density at radius 3 is 2.52 bits per heavy atom. The van der Waals surface area contributed by atoms with Crippen molar-refractivity contribution in [1.82, 2.24) is 10.2 Å². The van der Waals surface area contributed by atoms with Gasteiger partial charge in [-0.15, -0.1) is 0 Å². The molecule has 2 fully saturated rings.